The second kappa shape index (κ2) is 4.07. The van der Waals surface area contributed by atoms with E-state index in [2.05, 4.69) is 27.7 Å². The van der Waals surface area contributed by atoms with Crippen molar-refractivity contribution in [1.82, 2.24) is 0 Å². The number of carbonyl (C=O) groups excluding carboxylic acids is 1. The molecule has 1 aliphatic heterocycles. The fourth-order valence-electron chi connectivity index (χ4n) is 2.62. The lowest BCUT2D eigenvalue weighted by Crippen LogP contribution is -2.41. The Morgan fingerprint density at radius 2 is 1.56 bits per heavy atom. The van der Waals surface area contributed by atoms with E-state index < -0.39 is 0 Å². The molecule has 1 saturated heterocycles. The average molecular weight is 252 g/mol. The van der Waals surface area contributed by atoms with Gasteiger partial charge in [0.2, 0.25) is 0 Å². The summed E-state index contributed by atoms with van der Waals surface area (Å²) in [6.07, 6.45) is 2.53. The molecule has 1 heterocycles. The Morgan fingerprint density at radius 1 is 1.06 bits per heavy atom. The van der Waals surface area contributed by atoms with Crippen LogP contribution in [0.15, 0.2) is 0 Å². The van der Waals surface area contributed by atoms with E-state index in [1.54, 1.807) is 0 Å². The molecule has 1 aliphatic carbocycles. The second-order valence-corrected chi connectivity index (χ2v) is 7.43. The molecular formula is C14H25BO3. The van der Waals surface area contributed by atoms with E-state index in [0.29, 0.717) is 12.2 Å². The maximum absolute atomic E-state index is 12.1. The van der Waals surface area contributed by atoms with Gasteiger partial charge in [0, 0.05) is 17.7 Å². The molecule has 2 rings (SSSR count). The molecule has 1 saturated carbocycles. The van der Waals surface area contributed by atoms with E-state index in [-0.39, 0.29) is 29.6 Å². The summed E-state index contributed by atoms with van der Waals surface area (Å²) >= 11 is 0. The van der Waals surface area contributed by atoms with Gasteiger partial charge in [-0.1, -0.05) is 20.3 Å². The maximum atomic E-state index is 12.1. The predicted molar refractivity (Wildman–Crippen MR) is 72.5 cm³/mol. The lowest BCUT2D eigenvalue weighted by Gasteiger charge is -2.33. The third-order valence-electron chi connectivity index (χ3n) is 5.00. The van der Waals surface area contributed by atoms with Crippen molar-refractivity contribution in [3.05, 3.63) is 0 Å². The van der Waals surface area contributed by atoms with Gasteiger partial charge in [0.1, 0.15) is 5.78 Å². The highest BCUT2D eigenvalue weighted by Gasteiger charge is 2.55. The highest BCUT2D eigenvalue weighted by Crippen LogP contribution is 2.46. The SMILES string of the molecule is CC1(C)CC[C@@H](B2OC(C)(C)C(C)(C)O2)CC1=O. The molecule has 0 bridgehead atoms. The zero-order chi connectivity index (χ0) is 13.8. The van der Waals surface area contributed by atoms with E-state index in [9.17, 15) is 4.79 Å². The Balaban J connectivity index is 2.06. The van der Waals surface area contributed by atoms with Crippen molar-refractivity contribution in [3.8, 4) is 0 Å². The van der Waals surface area contributed by atoms with E-state index in [1.165, 1.54) is 0 Å². The van der Waals surface area contributed by atoms with E-state index in [0.717, 1.165) is 12.8 Å². The van der Waals surface area contributed by atoms with Gasteiger partial charge < -0.3 is 9.31 Å². The summed E-state index contributed by atoms with van der Waals surface area (Å²) in [5.74, 6) is 0.556. The van der Waals surface area contributed by atoms with Gasteiger partial charge in [-0.2, -0.15) is 0 Å². The van der Waals surface area contributed by atoms with Gasteiger partial charge in [0.15, 0.2) is 0 Å². The summed E-state index contributed by atoms with van der Waals surface area (Å²) < 4.78 is 12.1. The quantitative estimate of drug-likeness (QED) is 0.672. The molecule has 0 radical (unpaired) electrons. The average Bonchev–Trinajstić information content (AvgIpc) is 2.41. The molecule has 0 amide bonds. The molecule has 0 spiro atoms. The monoisotopic (exact) mass is 252 g/mol. The fourth-order valence-corrected chi connectivity index (χ4v) is 2.62. The molecule has 18 heavy (non-hydrogen) atoms. The van der Waals surface area contributed by atoms with E-state index in [4.69, 9.17) is 9.31 Å². The normalized spacial score (nSPS) is 33.8. The van der Waals surface area contributed by atoms with Crippen molar-refractivity contribution in [2.45, 2.75) is 77.8 Å². The number of hydrogen-bond donors (Lipinski definition) is 0. The minimum absolute atomic E-state index is 0.167. The molecular weight excluding hydrogens is 227 g/mol. The van der Waals surface area contributed by atoms with Gasteiger partial charge in [0.05, 0.1) is 11.2 Å². The van der Waals surface area contributed by atoms with Crippen LogP contribution in [0, 0.1) is 5.41 Å². The van der Waals surface area contributed by atoms with E-state index >= 15 is 0 Å². The highest BCUT2D eigenvalue weighted by atomic mass is 16.7. The molecule has 0 aromatic rings. The van der Waals surface area contributed by atoms with Gasteiger partial charge >= 0.3 is 7.12 Å². The Labute approximate surface area is 111 Å². The second-order valence-electron chi connectivity index (χ2n) is 7.43. The van der Waals surface area contributed by atoms with Gasteiger partial charge in [0.25, 0.3) is 0 Å². The predicted octanol–water partition coefficient (Wildman–Crippen LogP) is 3.23. The summed E-state index contributed by atoms with van der Waals surface area (Å²) in [5, 5.41) is 0. The van der Waals surface area contributed by atoms with Crippen LogP contribution in [0.5, 0.6) is 0 Å². The van der Waals surface area contributed by atoms with Crippen molar-refractivity contribution in [2.75, 3.05) is 0 Å². The largest absolute Gasteiger partial charge is 0.461 e. The van der Waals surface area contributed by atoms with Crippen molar-refractivity contribution in [3.63, 3.8) is 0 Å². The summed E-state index contributed by atoms with van der Waals surface area (Å²) in [6.45, 7) is 12.3. The lowest BCUT2D eigenvalue weighted by atomic mass is 9.59. The van der Waals surface area contributed by atoms with Crippen LogP contribution in [0.1, 0.15) is 60.8 Å². The Kier molecular flexibility index (Phi) is 3.18. The van der Waals surface area contributed by atoms with Crippen LogP contribution in [0.2, 0.25) is 5.82 Å². The molecule has 2 fully saturated rings. The zero-order valence-corrected chi connectivity index (χ0v) is 12.5. The van der Waals surface area contributed by atoms with Gasteiger partial charge in [-0.3, -0.25) is 4.79 Å². The topological polar surface area (TPSA) is 35.5 Å². The van der Waals surface area contributed by atoms with Crippen LogP contribution in [-0.4, -0.2) is 24.1 Å². The number of hydrogen-bond acceptors (Lipinski definition) is 3. The first kappa shape index (κ1) is 14.1. The standard InChI is InChI=1S/C14H25BO3/c1-12(2)8-7-10(9-11(12)16)15-17-13(3,4)14(5,6)18-15/h10H,7-9H2,1-6H3/t10-/m1/s1. The van der Waals surface area contributed by atoms with Crippen molar-refractivity contribution in [1.29, 1.82) is 0 Å². The third-order valence-corrected chi connectivity index (χ3v) is 5.00. The molecule has 3 nitrogen and oxygen atoms in total. The third kappa shape index (κ3) is 2.25. The minimum Gasteiger partial charge on any atom is -0.403 e. The first-order chi connectivity index (χ1) is 8.05. The van der Waals surface area contributed by atoms with Crippen LogP contribution in [0.3, 0.4) is 0 Å². The Morgan fingerprint density at radius 3 is 2.00 bits per heavy atom. The number of carbonyl (C=O) groups is 1. The molecule has 4 heteroatoms. The molecule has 0 aromatic heterocycles. The van der Waals surface area contributed by atoms with Crippen LogP contribution in [0.4, 0.5) is 0 Å². The van der Waals surface area contributed by atoms with Crippen LogP contribution < -0.4 is 0 Å². The molecule has 0 N–H and O–H groups in total. The molecule has 1 atom stereocenters. The van der Waals surface area contributed by atoms with Crippen molar-refractivity contribution in [2.24, 2.45) is 5.41 Å². The van der Waals surface area contributed by atoms with Gasteiger partial charge in [-0.15, -0.1) is 0 Å². The molecule has 102 valence electrons. The van der Waals surface area contributed by atoms with Gasteiger partial charge in [-0.25, -0.2) is 0 Å². The summed E-state index contributed by atoms with van der Waals surface area (Å²) in [5.41, 5.74) is -0.762. The van der Waals surface area contributed by atoms with Crippen molar-refractivity contribution < 1.29 is 14.1 Å². The molecule has 0 unspecified atom stereocenters. The number of Topliss-reactive ketones (excluding diaryl/α,β-unsaturated/α-hetero) is 1. The summed E-state index contributed by atoms with van der Waals surface area (Å²) in [7, 11) is -0.227. The van der Waals surface area contributed by atoms with Gasteiger partial charge in [-0.05, 0) is 34.1 Å². The fraction of sp³-hybridized carbons (Fsp3) is 0.929. The van der Waals surface area contributed by atoms with Crippen LogP contribution in [-0.2, 0) is 14.1 Å². The van der Waals surface area contributed by atoms with Crippen molar-refractivity contribution >= 4 is 12.9 Å². The Hall–Kier alpha value is -0.345. The number of ketones is 1. The summed E-state index contributed by atoms with van der Waals surface area (Å²) in [6, 6.07) is 0. The van der Waals surface area contributed by atoms with E-state index in [1.807, 2.05) is 13.8 Å². The lowest BCUT2D eigenvalue weighted by molar-refractivity contribution is -0.129. The first-order valence-electron chi connectivity index (χ1n) is 6.94. The minimum atomic E-state index is -0.298. The van der Waals surface area contributed by atoms with Crippen LogP contribution in [0.25, 0.3) is 0 Å². The number of rotatable bonds is 1. The maximum Gasteiger partial charge on any atom is 0.461 e. The highest BCUT2D eigenvalue weighted by molar-refractivity contribution is 6.48. The first-order valence-corrected chi connectivity index (χ1v) is 6.94. The van der Waals surface area contributed by atoms with Crippen LogP contribution >= 0.6 is 0 Å². The Bertz CT molecular complexity index is 344. The zero-order valence-electron chi connectivity index (χ0n) is 12.5. The molecule has 0 aromatic carbocycles. The smallest absolute Gasteiger partial charge is 0.403 e. The summed E-state index contributed by atoms with van der Waals surface area (Å²) in [4.78, 5) is 12.1. The molecule has 2 aliphatic rings.